The SMILES string of the molecule is CN(C)C1c2onc(OCc3ccccc3)c2C(=O)C2C(=O)C3C4C=CC(C4[SiH3])C3CC21. The number of carbonyl (C=O) groups is 2. The third-order valence-corrected chi connectivity index (χ3v) is 9.95. The molecule has 4 aliphatic rings. The van der Waals surface area contributed by atoms with Crippen LogP contribution in [0.2, 0.25) is 5.54 Å². The second kappa shape index (κ2) is 7.25. The van der Waals surface area contributed by atoms with Crippen LogP contribution in [-0.2, 0) is 11.4 Å². The minimum absolute atomic E-state index is 0.00407. The second-order valence-electron chi connectivity index (χ2n) is 10.1. The van der Waals surface area contributed by atoms with Gasteiger partial charge in [-0.2, -0.15) is 0 Å². The van der Waals surface area contributed by atoms with E-state index in [1.807, 2.05) is 44.4 Å². The molecule has 1 heterocycles. The predicted octanol–water partition coefficient (Wildman–Crippen LogP) is 2.46. The Balaban J connectivity index is 1.37. The molecule has 32 heavy (non-hydrogen) atoms. The van der Waals surface area contributed by atoms with E-state index in [4.69, 9.17) is 9.26 Å². The van der Waals surface area contributed by atoms with Gasteiger partial charge in [-0.3, -0.25) is 14.5 Å². The average molecular weight is 449 g/mol. The first-order valence-corrected chi connectivity index (χ1v) is 12.7. The number of ether oxygens (including phenoxy) is 1. The van der Waals surface area contributed by atoms with Crippen molar-refractivity contribution in [2.75, 3.05) is 14.1 Å². The lowest BCUT2D eigenvalue weighted by molar-refractivity contribution is -0.134. The standard InChI is InChI=1S/C25H28N2O4Si/c1-27(2)20-16-10-15-13-8-9-14(24(13)32)17(15)21(28)18(16)22(29)19-23(20)31-26-25(19)30-11-12-6-4-3-5-7-12/h3-9,13-18,20,24H,10-11H2,1-2,32H3. The molecule has 0 radical (unpaired) electrons. The van der Waals surface area contributed by atoms with Gasteiger partial charge in [0.25, 0.3) is 5.88 Å². The summed E-state index contributed by atoms with van der Waals surface area (Å²) in [7, 11) is 5.06. The summed E-state index contributed by atoms with van der Waals surface area (Å²) < 4.78 is 11.7. The first kappa shape index (κ1) is 20.1. The van der Waals surface area contributed by atoms with Crippen molar-refractivity contribution in [3.63, 3.8) is 0 Å². The van der Waals surface area contributed by atoms with E-state index < -0.39 is 5.92 Å². The molecule has 0 N–H and O–H groups in total. The van der Waals surface area contributed by atoms with E-state index in [1.54, 1.807) is 0 Å². The fraction of sp³-hybridized carbons (Fsp3) is 0.480. The van der Waals surface area contributed by atoms with Crippen molar-refractivity contribution >= 4 is 21.8 Å². The summed E-state index contributed by atoms with van der Waals surface area (Å²) in [4.78, 5) is 29.7. The minimum atomic E-state index is -0.628. The fourth-order valence-electron chi connectivity index (χ4n) is 7.08. The number of fused-ring (bicyclic) bond motifs is 7. The van der Waals surface area contributed by atoms with E-state index in [0.717, 1.165) is 22.2 Å². The van der Waals surface area contributed by atoms with Crippen LogP contribution in [0, 0.1) is 35.5 Å². The molecule has 0 aliphatic heterocycles. The molecule has 2 bridgehead atoms. The molecule has 0 saturated heterocycles. The molecular weight excluding hydrogens is 420 g/mol. The Morgan fingerprint density at radius 1 is 1.12 bits per heavy atom. The first-order valence-electron chi connectivity index (χ1n) is 11.6. The van der Waals surface area contributed by atoms with Crippen LogP contribution in [0.3, 0.4) is 0 Å². The van der Waals surface area contributed by atoms with Crippen molar-refractivity contribution in [1.82, 2.24) is 10.1 Å². The topological polar surface area (TPSA) is 72.6 Å². The third-order valence-electron chi connectivity index (χ3n) is 8.41. The number of hydrogen-bond donors (Lipinski definition) is 0. The maximum Gasteiger partial charge on any atom is 0.265 e. The van der Waals surface area contributed by atoms with E-state index in [0.29, 0.717) is 41.2 Å². The highest BCUT2D eigenvalue weighted by Crippen LogP contribution is 2.62. The largest absolute Gasteiger partial charge is 0.470 e. The Morgan fingerprint density at radius 3 is 2.62 bits per heavy atom. The number of nitrogens with zero attached hydrogens (tertiary/aromatic N) is 2. The van der Waals surface area contributed by atoms with Crippen molar-refractivity contribution < 1.29 is 18.8 Å². The number of aromatic nitrogens is 1. The lowest BCUT2D eigenvalue weighted by Crippen LogP contribution is -2.52. The van der Waals surface area contributed by atoms with Gasteiger partial charge in [-0.15, -0.1) is 0 Å². The third kappa shape index (κ3) is 2.70. The Bertz CT molecular complexity index is 1110. The van der Waals surface area contributed by atoms with Gasteiger partial charge < -0.3 is 9.26 Å². The molecule has 1 aromatic carbocycles. The molecule has 8 unspecified atom stereocenters. The highest BCUT2D eigenvalue weighted by atomic mass is 28.1. The maximum atomic E-state index is 13.8. The van der Waals surface area contributed by atoms with Gasteiger partial charge in [-0.1, -0.05) is 42.5 Å². The number of benzene rings is 1. The Labute approximate surface area is 190 Å². The lowest BCUT2D eigenvalue weighted by Gasteiger charge is -2.46. The highest BCUT2D eigenvalue weighted by Gasteiger charge is 2.62. The predicted molar refractivity (Wildman–Crippen MR) is 121 cm³/mol. The Hall–Kier alpha value is -2.51. The maximum absolute atomic E-state index is 13.8. The van der Waals surface area contributed by atoms with Crippen molar-refractivity contribution in [3.05, 3.63) is 59.4 Å². The van der Waals surface area contributed by atoms with Gasteiger partial charge in [0.15, 0.2) is 11.5 Å². The summed E-state index contributed by atoms with van der Waals surface area (Å²) in [5, 5.41) is 4.14. The summed E-state index contributed by atoms with van der Waals surface area (Å²) in [6, 6.07) is 9.60. The van der Waals surface area contributed by atoms with Crippen LogP contribution >= 0.6 is 0 Å². The number of rotatable bonds is 4. The summed E-state index contributed by atoms with van der Waals surface area (Å²) >= 11 is 0. The van der Waals surface area contributed by atoms with Crippen LogP contribution in [-0.4, -0.2) is 46.0 Å². The van der Waals surface area contributed by atoms with Crippen LogP contribution in [0.1, 0.15) is 34.1 Å². The zero-order valence-electron chi connectivity index (χ0n) is 18.6. The summed E-state index contributed by atoms with van der Waals surface area (Å²) in [6.45, 7) is 0.295. The first-order chi connectivity index (χ1) is 15.5. The zero-order valence-corrected chi connectivity index (χ0v) is 20.6. The average Bonchev–Trinajstić information content (AvgIpc) is 3.44. The highest BCUT2D eigenvalue weighted by molar-refractivity contribution is 6.16. The van der Waals surface area contributed by atoms with Gasteiger partial charge in [0.1, 0.15) is 18.0 Å². The van der Waals surface area contributed by atoms with Crippen LogP contribution in [0.5, 0.6) is 5.88 Å². The molecule has 166 valence electrons. The van der Waals surface area contributed by atoms with E-state index in [-0.39, 0.29) is 35.3 Å². The molecular formula is C25H28N2O4Si. The lowest BCUT2D eigenvalue weighted by atomic mass is 9.58. The number of carbonyl (C=O) groups excluding carboxylic acids is 2. The number of ketones is 2. The summed E-state index contributed by atoms with van der Waals surface area (Å²) in [5.41, 5.74) is 1.97. The Morgan fingerprint density at radius 2 is 1.88 bits per heavy atom. The second-order valence-corrected chi connectivity index (χ2v) is 11.5. The van der Waals surface area contributed by atoms with E-state index in [1.165, 1.54) is 0 Å². The molecule has 6 nitrogen and oxygen atoms in total. The van der Waals surface area contributed by atoms with Crippen LogP contribution < -0.4 is 4.74 Å². The smallest absolute Gasteiger partial charge is 0.265 e. The molecule has 8 atom stereocenters. The van der Waals surface area contributed by atoms with E-state index in [9.17, 15) is 9.59 Å². The zero-order chi connectivity index (χ0) is 22.1. The van der Waals surface area contributed by atoms with Gasteiger partial charge in [0, 0.05) is 16.2 Å². The van der Waals surface area contributed by atoms with Gasteiger partial charge in [0.05, 0.1) is 12.0 Å². The summed E-state index contributed by atoms with van der Waals surface area (Å²) in [6.07, 6.45) is 5.47. The van der Waals surface area contributed by atoms with Gasteiger partial charge in [-0.25, -0.2) is 0 Å². The van der Waals surface area contributed by atoms with Crippen LogP contribution in [0.4, 0.5) is 0 Å². The van der Waals surface area contributed by atoms with Crippen molar-refractivity contribution in [3.8, 4) is 5.88 Å². The van der Waals surface area contributed by atoms with Gasteiger partial charge in [-0.05, 0) is 60.4 Å². The minimum Gasteiger partial charge on any atom is -0.470 e. The molecule has 7 heteroatoms. The van der Waals surface area contributed by atoms with Crippen molar-refractivity contribution in [2.24, 2.45) is 35.5 Å². The normalized spacial score (nSPS) is 37.0. The van der Waals surface area contributed by atoms with Crippen LogP contribution in [0.15, 0.2) is 47.0 Å². The van der Waals surface area contributed by atoms with E-state index in [2.05, 4.69) is 22.2 Å². The molecule has 4 aliphatic carbocycles. The molecule has 1 aromatic heterocycles. The van der Waals surface area contributed by atoms with Crippen LogP contribution in [0.25, 0.3) is 0 Å². The molecule has 2 aromatic rings. The molecule has 2 saturated carbocycles. The van der Waals surface area contributed by atoms with Crippen molar-refractivity contribution in [1.29, 1.82) is 0 Å². The number of hydrogen-bond acceptors (Lipinski definition) is 6. The molecule has 0 amide bonds. The van der Waals surface area contributed by atoms with Gasteiger partial charge in [0.2, 0.25) is 0 Å². The summed E-state index contributed by atoms with van der Waals surface area (Å²) in [5.74, 6) is 1.22. The van der Waals surface area contributed by atoms with Crippen molar-refractivity contribution in [2.45, 2.75) is 24.6 Å². The molecule has 2 fully saturated rings. The monoisotopic (exact) mass is 448 g/mol. The Kier molecular flexibility index (Phi) is 4.56. The fourth-order valence-corrected chi connectivity index (χ4v) is 8.44. The molecule has 6 rings (SSSR count). The van der Waals surface area contributed by atoms with E-state index >= 15 is 0 Å². The number of allylic oxidation sites excluding steroid dienone is 2. The van der Waals surface area contributed by atoms with Gasteiger partial charge >= 0.3 is 0 Å². The quantitative estimate of drug-likeness (QED) is 0.407. The number of Topliss-reactive ketones (excluding diaryl/α,β-unsaturated/α-hetero) is 2. The molecule has 0 spiro atoms.